The highest BCUT2D eigenvalue weighted by atomic mass is 16.5. The number of rotatable bonds is 7. The fraction of sp³-hybridized carbons (Fsp3) is 0.360. The second kappa shape index (κ2) is 11.3. The number of amides is 3. The lowest BCUT2D eigenvalue weighted by molar-refractivity contribution is -0.151. The first-order chi connectivity index (χ1) is 15.9. The molecular weight excluding hydrogens is 422 g/mol. The van der Waals surface area contributed by atoms with E-state index in [1.165, 1.54) is 4.90 Å². The van der Waals surface area contributed by atoms with Crippen molar-refractivity contribution in [3.05, 3.63) is 65.7 Å². The number of likely N-dealkylation sites (tertiary alicyclic amines) is 1. The first kappa shape index (κ1) is 24.0. The van der Waals surface area contributed by atoms with Crippen LogP contribution in [-0.2, 0) is 14.3 Å². The lowest BCUT2D eigenvalue weighted by atomic mass is 9.97. The molecule has 1 saturated heterocycles. The molecule has 0 aliphatic carbocycles. The number of para-hydroxylation sites is 1. The largest absolute Gasteiger partial charge is 0.466 e. The van der Waals surface area contributed by atoms with E-state index in [4.69, 9.17) is 4.74 Å². The first-order valence-electron chi connectivity index (χ1n) is 11.1. The predicted octanol–water partition coefficient (Wildman–Crippen LogP) is 2.81. The summed E-state index contributed by atoms with van der Waals surface area (Å²) < 4.78 is 5.06. The van der Waals surface area contributed by atoms with Crippen molar-refractivity contribution in [2.75, 3.05) is 38.6 Å². The van der Waals surface area contributed by atoms with Gasteiger partial charge >= 0.3 is 5.97 Å². The number of nitrogens with zero attached hydrogens (tertiary/aromatic N) is 2. The number of hydrogen-bond acceptors (Lipinski definition) is 5. The van der Waals surface area contributed by atoms with Crippen molar-refractivity contribution in [2.24, 2.45) is 5.92 Å². The Labute approximate surface area is 193 Å². The monoisotopic (exact) mass is 451 g/mol. The van der Waals surface area contributed by atoms with Crippen LogP contribution in [-0.4, -0.2) is 66.8 Å². The van der Waals surface area contributed by atoms with Gasteiger partial charge in [-0.25, -0.2) is 0 Å². The second-order valence-electron chi connectivity index (χ2n) is 7.93. The molecule has 3 amide bonds. The van der Waals surface area contributed by atoms with Crippen LogP contribution in [0, 0.1) is 5.92 Å². The Morgan fingerprint density at radius 2 is 1.64 bits per heavy atom. The van der Waals surface area contributed by atoms with Crippen LogP contribution in [0.3, 0.4) is 0 Å². The van der Waals surface area contributed by atoms with E-state index >= 15 is 0 Å². The van der Waals surface area contributed by atoms with Gasteiger partial charge in [0.15, 0.2) is 0 Å². The third kappa shape index (κ3) is 6.19. The molecule has 0 unspecified atom stereocenters. The van der Waals surface area contributed by atoms with Crippen LogP contribution in [0.15, 0.2) is 54.6 Å². The van der Waals surface area contributed by atoms with Crippen molar-refractivity contribution >= 4 is 29.4 Å². The van der Waals surface area contributed by atoms with Gasteiger partial charge < -0.3 is 19.9 Å². The number of hydrogen-bond donors (Lipinski definition) is 1. The Balaban J connectivity index is 1.60. The molecule has 1 N–H and O–H groups in total. The summed E-state index contributed by atoms with van der Waals surface area (Å²) in [6.07, 6.45) is 1.10. The van der Waals surface area contributed by atoms with E-state index in [1.807, 2.05) is 6.07 Å². The van der Waals surface area contributed by atoms with E-state index in [2.05, 4.69) is 5.32 Å². The van der Waals surface area contributed by atoms with Crippen LogP contribution in [0.5, 0.6) is 0 Å². The maximum atomic E-state index is 13.1. The Morgan fingerprint density at radius 1 is 1.00 bits per heavy atom. The molecule has 1 heterocycles. The summed E-state index contributed by atoms with van der Waals surface area (Å²) >= 11 is 0. The summed E-state index contributed by atoms with van der Waals surface area (Å²) in [5.41, 5.74) is 1.17. The van der Waals surface area contributed by atoms with Crippen LogP contribution in [0.4, 0.5) is 5.69 Å². The Kier molecular flexibility index (Phi) is 8.18. The minimum absolute atomic E-state index is 0.0934. The molecule has 2 aromatic carbocycles. The summed E-state index contributed by atoms with van der Waals surface area (Å²) in [6, 6.07) is 15.4. The summed E-state index contributed by atoms with van der Waals surface area (Å²) in [5.74, 6) is -1.27. The molecule has 1 aliphatic heterocycles. The molecule has 0 bridgehead atoms. The third-order valence-corrected chi connectivity index (χ3v) is 5.63. The van der Waals surface area contributed by atoms with Gasteiger partial charge in [-0.3, -0.25) is 19.2 Å². The van der Waals surface area contributed by atoms with Crippen molar-refractivity contribution in [3.8, 4) is 0 Å². The van der Waals surface area contributed by atoms with Crippen molar-refractivity contribution in [1.29, 1.82) is 0 Å². The zero-order valence-corrected chi connectivity index (χ0v) is 19.0. The number of likely N-dealkylation sites (N-methyl/N-ethyl adjacent to an activating group) is 1. The van der Waals surface area contributed by atoms with E-state index in [1.54, 1.807) is 67.4 Å². The number of ether oxygens (including phenoxy) is 1. The highest BCUT2D eigenvalue weighted by Gasteiger charge is 2.29. The highest BCUT2D eigenvalue weighted by molar-refractivity contribution is 6.09. The normalized spacial score (nSPS) is 13.8. The summed E-state index contributed by atoms with van der Waals surface area (Å²) in [6.45, 7) is 2.93. The quantitative estimate of drug-likeness (QED) is 0.653. The lowest BCUT2D eigenvalue weighted by Crippen LogP contribution is -2.45. The number of nitrogens with one attached hydrogen (secondary N) is 1. The van der Waals surface area contributed by atoms with Crippen LogP contribution in [0.2, 0.25) is 0 Å². The van der Waals surface area contributed by atoms with Crippen molar-refractivity contribution < 1.29 is 23.9 Å². The molecular formula is C25H29N3O5. The van der Waals surface area contributed by atoms with Gasteiger partial charge in [-0.15, -0.1) is 0 Å². The molecule has 1 aliphatic rings. The number of piperidine rings is 1. The van der Waals surface area contributed by atoms with Crippen LogP contribution < -0.4 is 5.32 Å². The van der Waals surface area contributed by atoms with E-state index in [-0.39, 0.29) is 36.2 Å². The van der Waals surface area contributed by atoms with Gasteiger partial charge in [0.2, 0.25) is 5.91 Å². The van der Waals surface area contributed by atoms with Gasteiger partial charge in [-0.1, -0.05) is 30.3 Å². The predicted molar refractivity (Wildman–Crippen MR) is 124 cm³/mol. The minimum atomic E-state index is -0.367. The van der Waals surface area contributed by atoms with Crippen LogP contribution in [0.1, 0.15) is 40.5 Å². The van der Waals surface area contributed by atoms with Gasteiger partial charge in [0.05, 0.1) is 30.3 Å². The van der Waals surface area contributed by atoms with Crippen molar-refractivity contribution in [3.63, 3.8) is 0 Å². The maximum Gasteiger partial charge on any atom is 0.309 e. The summed E-state index contributed by atoms with van der Waals surface area (Å²) in [7, 11) is 1.56. The minimum Gasteiger partial charge on any atom is -0.466 e. The van der Waals surface area contributed by atoms with Gasteiger partial charge in [0, 0.05) is 25.7 Å². The Hall–Kier alpha value is -3.68. The number of carbonyl (C=O) groups is 4. The number of carbonyl (C=O) groups excluding carboxylic acids is 4. The highest BCUT2D eigenvalue weighted by Crippen LogP contribution is 2.20. The Bertz CT molecular complexity index is 1000. The molecule has 0 radical (unpaired) electrons. The number of anilines is 1. The molecule has 174 valence electrons. The van der Waals surface area contributed by atoms with E-state index in [9.17, 15) is 19.2 Å². The Morgan fingerprint density at radius 3 is 2.30 bits per heavy atom. The third-order valence-electron chi connectivity index (χ3n) is 5.63. The molecule has 0 aromatic heterocycles. The molecule has 33 heavy (non-hydrogen) atoms. The molecule has 2 aromatic rings. The standard InChI is InChI=1S/C25H29N3O5/c1-3-33-25(32)19-13-15-28(16-14-19)22(29)17-27(2)24(31)20-11-7-8-12-21(20)26-23(30)18-9-5-4-6-10-18/h4-12,19H,3,13-17H2,1-2H3,(H,26,30). The molecule has 3 rings (SSSR count). The molecule has 8 nitrogen and oxygen atoms in total. The average Bonchev–Trinajstić information content (AvgIpc) is 2.84. The van der Waals surface area contributed by atoms with E-state index in [0.29, 0.717) is 49.4 Å². The molecule has 0 spiro atoms. The average molecular weight is 452 g/mol. The first-order valence-corrected chi connectivity index (χ1v) is 11.1. The fourth-order valence-corrected chi connectivity index (χ4v) is 3.77. The molecule has 0 atom stereocenters. The zero-order valence-electron chi connectivity index (χ0n) is 19.0. The topological polar surface area (TPSA) is 96.0 Å². The SMILES string of the molecule is CCOC(=O)C1CCN(C(=O)CN(C)C(=O)c2ccccc2NC(=O)c2ccccc2)CC1. The summed E-state index contributed by atoms with van der Waals surface area (Å²) in [5, 5.41) is 2.78. The zero-order chi connectivity index (χ0) is 23.8. The van der Waals surface area contributed by atoms with E-state index in [0.717, 1.165) is 0 Å². The maximum absolute atomic E-state index is 13.1. The van der Waals surface area contributed by atoms with Crippen LogP contribution >= 0.6 is 0 Å². The fourth-order valence-electron chi connectivity index (χ4n) is 3.77. The van der Waals surface area contributed by atoms with Gasteiger partial charge in [0.25, 0.3) is 11.8 Å². The number of benzene rings is 2. The lowest BCUT2D eigenvalue weighted by Gasteiger charge is -2.32. The second-order valence-corrected chi connectivity index (χ2v) is 7.93. The summed E-state index contributed by atoms with van der Waals surface area (Å²) in [4.78, 5) is 53.2. The molecule has 1 fully saturated rings. The number of esters is 1. The van der Waals surface area contributed by atoms with Gasteiger partial charge in [-0.2, -0.15) is 0 Å². The van der Waals surface area contributed by atoms with Crippen molar-refractivity contribution in [2.45, 2.75) is 19.8 Å². The van der Waals surface area contributed by atoms with Crippen molar-refractivity contribution in [1.82, 2.24) is 9.80 Å². The van der Waals surface area contributed by atoms with Gasteiger partial charge in [-0.05, 0) is 44.0 Å². The molecule has 0 saturated carbocycles. The molecule has 8 heteroatoms. The van der Waals surface area contributed by atoms with Crippen LogP contribution in [0.25, 0.3) is 0 Å². The van der Waals surface area contributed by atoms with Gasteiger partial charge in [0.1, 0.15) is 0 Å². The van der Waals surface area contributed by atoms with E-state index < -0.39 is 0 Å². The smallest absolute Gasteiger partial charge is 0.309 e.